The molecule has 2 N–H and O–H groups in total. The van der Waals surface area contributed by atoms with Crippen molar-refractivity contribution in [2.45, 2.75) is 38.2 Å². The van der Waals surface area contributed by atoms with E-state index in [1.807, 2.05) is 61.2 Å². The van der Waals surface area contributed by atoms with Crippen molar-refractivity contribution in [2.75, 3.05) is 36.9 Å². The van der Waals surface area contributed by atoms with Crippen molar-refractivity contribution in [3.8, 4) is 16.9 Å². The molecule has 2 aliphatic heterocycles. The number of benzene rings is 3. The van der Waals surface area contributed by atoms with Crippen LogP contribution >= 0.6 is 0 Å². The van der Waals surface area contributed by atoms with Gasteiger partial charge >= 0.3 is 0 Å². The molecular weight excluding hydrogens is 661 g/mol. The summed E-state index contributed by atoms with van der Waals surface area (Å²) in [5.41, 5.74) is 7.61. The van der Waals surface area contributed by atoms with E-state index in [4.69, 9.17) is 19.7 Å². The molecule has 0 spiro atoms. The van der Waals surface area contributed by atoms with E-state index in [2.05, 4.69) is 79.3 Å². The average Bonchev–Trinajstić information content (AvgIpc) is 3.64. The molecule has 1 saturated heterocycles. The third-order valence-corrected chi connectivity index (χ3v) is 10.4. The number of nitrogens with zero attached hydrogens (tertiary/aromatic N) is 6. The van der Waals surface area contributed by atoms with Crippen molar-refractivity contribution < 1.29 is 9.47 Å². The summed E-state index contributed by atoms with van der Waals surface area (Å²) in [5, 5.41) is 30.2. The summed E-state index contributed by atoms with van der Waals surface area (Å²) in [6, 6.07) is 29.6. The van der Waals surface area contributed by atoms with Gasteiger partial charge in [-0.1, -0.05) is 48.5 Å². The Kier molecular flexibility index (Phi) is 9.26. The fraction of sp³-hybridized carbons (Fsp3) is 0.256. The van der Waals surface area contributed by atoms with Gasteiger partial charge in [0.2, 0.25) is 0 Å². The van der Waals surface area contributed by atoms with Crippen LogP contribution in [0.5, 0.6) is 5.75 Å². The highest BCUT2D eigenvalue weighted by molar-refractivity contribution is 5.96. The molecule has 10 heteroatoms. The fourth-order valence-corrected chi connectivity index (χ4v) is 7.45. The Labute approximate surface area is 308 Å². The molecule has 10 nitrogen and oxygen atoms in total. The van der Waals surface area contributed by atoms with Gasteiger partial charge in [-0.2, -0.15) is 10.2 Å². The molecule has 1 atom stereocenters. The number of anilines is 2. The summed E-state index contributed by atoms with van der Waals surface area (Å²) >= 11 is 0. The number of fused-ring (bicyclic) bond motifs is 3. The molecule has 6 heterocycles. The lowest BCUT2D eigenvalue weighted by atomic mass is 9.97. The highest BCUT2D eigenvalue weighted by atomic mass is 16.5. The zero-order chi connectivity index (χ0) is 35.4. The van der Waals surface area contributed by atoms with Crippen molar-refractivity contribution in [1.82, 2.24) is 30.4 Å². The highest BCUT2D eigenvalue weighted by Gasteiger charge is 2.24. The maximum absolute atomic E-state index is 6.54. The van der Waals surface area contributed by atoms with Gasteiger partial charge in [0.1, 0.15) is 11.9 Å². The summed E-state index contributed by atoms with van der Waals surface area (Å²) in [6.45, 7) is 3.09. The van der Waals surface area contributed by atoms with Gasteiger partial charge in [0.25, 0.3) is 0 Å². The quantitative estimate of drug-likeness (QED) is 0.141. The van der Waals surface area contributed by atoms with E-state index < -0.39 is 0 Å². The van der Waals surface area contributed by atoms with E-state index in [-0.39, 0.29) is 6.10 Å². The Morgan fingerprint density at radius 2 is 1.19 bits per heavy atom. The average molecular weight is 701 g/mol. The molecule has 0 saturated carbocycles. The molecule has 1 unspecified atom stereocenters. The van der Waals surface area contributed by atoms with Crippen molar-refractivity contribution >= 4 is 33.2 Å². The molecule has 0 amide bonds. The Morgan fingerprint density at radius 1 is 0.585 bits per heavy atom. The van der Waals surface area contributed by atoms with Crippen molar-refractivity contribution in [3.63, 3.8) is 0 Å². The van der Waals surface area contributed by atoms with Crippen LogP contribution in [0.15, 0.2) is 110 Å². The van der Waals surface area contributed by atoms with Crippen molar-refractivity contribution in [3.05, 3.63) is 138 Å². The van der Waals surface area contributed by atoms with E-state index in [1.54, 1.807) is 0 Å². The van der Waals surface area contributed by atoms with Gasteiger partial charge in [-0.25, -0.2) is 0 Å². The molecule has 0 bridgehead atoms. The monoisotopic (exact) mass is 700 g/mol. The first-order valence-corrected chi connectivity index (χ1v) is 18.4. The molecule has 3 aromatic carbocycles. The van der Waals surface area contributed by atoms with E-state index in [0.29, 0.717) is 25.3 Å². The Balaban J connectivity index is 0.935. The largest absolute Gasteiger partial charge is 0.488 e. The first-order chi connectivity index (χ1) is 26.2. The zero-order valence-corrected chi connectivity index (χ0v) is 29.4. The van der Waals surface area contributed by atoms with Gasteiger partial charge in [0, 0.05) is 85.4 Å². The third kappa shape index (κ3) is 7.23. The van der Waals surface area contributed by atoms with Gasteiger partial charge in [-0.05, 0) is 83.0 Å². The van der Waals surface area contributed by atoms with E-state index in [1.165, 1.54) is 5.56 Å². The van der Waals surface area contributed by atoms with Gasteiger partial charge in [0.05, 0.1) is 17.9 Å². The molecule has 0 aliphatic carbocycles. The summed E-state index contributed by atoms with van der Waals surface area (Å²) < 4.78 is 12.1. The molecule has 2 aliphatic rings. The van der Waals surface area contributed by atoms with Crippen LogP contribution in [-0.4, -0.2) is 62.8 Å². The second-order valence-corrected chi connectivity index (χ2v) is 13.9. The molecular formula is C43H40N8O2. The van der Waals surface area contributed by atoms with Gasteiger partial charge in [-0.3, -0.25) is 9.97 Å². The maximum atomic E-state index is 6.54. The topological polar surface area (TPSA) is 120 Å². The standard InChI is InChI=1S/C43H40N8O2/c1-2-4-37-35(3-1)39(21-28-9-15-44-16-10-28)48-50-42(37)47-27-34-23-33-6-5-32(25-41(33)53-34)31-7-8-36-38(24-31)43(46-26-30-13-19-52-20-14-30)51-49-40(36)22-29-11-17-45-18-12-29/h1-12,15-18,24-25,30,34H,13-14,19-23,26-27H2,(H,46,51)(H,47,50). The number of hydrogen-bond acceptors (Lipinski definition) is 10. The number of hydrogen-bond donors (Lipinski definition) is 2. The second-order valence-electron chi connectivity index (χ2n) is 13.9. The van der Waals surface area contributed by atoms with Gasteiger partial charge in [0.15, 0.2) is 11.6 Å². The lowest BCUT2D eigenvalue weighted by Crippen LogP contribution is -2.24. The minimum atomic E-state index is -0.0269. The minimum Gasteiger partial charge on any atom is -0.488 e. The Bertz CT molecular complexity index is 2370. The predicted molar refractivity (Wildman–Crippen MR) is 207 cm³/mol. The summed E-state index contributed by atoms with van der Waals surface area (Å²) in [6.07, 6.45) is 11.6. The molecule has 53 heavy (non-hydrogen) atoms. The van der Waals surface area contributed by atoms with Crippen LogP contribution in [0.4, 0.5) is 11.6 Å². The van der Waals surface area contributed by atoms with Gasteiger partial charge in [-0.15, -0.1) is 10.2 Å². The molecule has 4 aromatic heterocycles. The molecule has 264 valence electrons. The van der Waals surface area contributed by atoms with Crippen LogP contribution in [0.1, 0.15) is 40.9 Å². The molecule has 7 aromatic rings. The third-order valence-electron chi connectivity index (χ3n) is 10.4. The van der Waals surface area contributed by atoms with Crippen LogP contribution in [0.3, 0.4) is 0 Å². The zero-order valence-electron chi connectivity index (χ0n) is 29.4. The summed E-state index contributed by atoms with van der Waals surface area (Å²) in [7, 11) is 0. The Morgan fingerprint density at radius 3 is 1.91 bits per heavy atom. The number of nitrogens with one attached hydrogen (secondary N) is 2. The van der Waals surface area contributed by atoms with Crippen molar-refractivity contribution in [1.29, 1.82) is 0 Å². The van der Waals surface area contributed by atoms with Gasteiger partial charge < -0.3 is 20.1 Å². The molecule has 0 radical (unpaired) electrons. The first kappa shape index (κ1) is 32.9. The van der Waals surface area contributed by atoms with Crippen LogP contribution in [0, 0.1) is 5.92 Å². The van der Waals surface area contributed by atoms with Crippen LogP contribution in [-0.2, 0) is 24.0 Å². The van der Waals surface area contributed by atoms with Crippen molar-refractivity contribution in [2.24, 2.45) is 5.92 Å². The van der Waals surface area contributed by atoms with Crippen LogP contribution < -0.4 is 15.4 Å². The second kappa shape index (κ2) is 14.9. The lowest BCUT2D eigenvalue weighted by molar-refractivity contribution is 0.0699. The summed E-state index contributed by atoms with van der Waals surface area (Å²) in [4.78, 5) is 8.32. The first-order valence-electron chi connectivity index (χ1n) is 18.4. The Hall–Kier alpha value is -6.00. The highest BCUT2D eigenvalue weighted by Crippen LogP contribution is 2.36. The maximum Gasteiger partial charge on any atom is 0.156 e. The SMILES string of the molecule is c1ccc2c(NCC3Cc4ccc(-c5ccc6c(Cc7ccncc7)nnc(NCC7CCOCC7)c6c5)cc4O3)nnc(Cc3ccncc3)c2c1. The van der Waals surface area contributed by atoms with E-state index in [0.717, 1.165) is 112 Å². The lowest BCUT2D eigenvalue weighted by Gasteiger charge is -2.22. The molecule has 9 rings (SSSR count). The molecule has 1 fully saturated rings. The van der Waals surface area contributed by atoms with E-state index in [9.17, 15) is 0 Å². The van der Waals surface area contributed by atoms with Crippen LogP contribution in [0.25, 0.3) is 32.7 Å². The summed E-state index contributed by atoms with van der Waals surface area (Å²) in [5.74, 6) is 3.06. The van der Waals surface area contributed by atoms with Crippen LogP contribution in [0.2, 0.25) is 0 Å². The minimum absolute atomic E-state index is 0.0269. The smallest absolute Gasteiger partial charge is 0.156 e. The predicted octanol–water partition coefficient (Wildman–Crippen LogP) is 7.47. The fourth-order valence-electron chi connectivity index (χ4n) is 7.45. The number of pyridine rings is 2. The number of ether oxygens (including phenoxy) is 2. The van der Waals surface area contributed by atoms with E-state index >= 15 is 0 Å². The number of aromatic nitrogens is 6. The normalized spacial score (nSPS) is 15.7. The number of rotatable bonds is 11.